The Morgan fingerprint density at radius 2 is 1.42 bits per heavy atom. The maximum absolute atomic E-state index is 13.2. The molecule has 0 saturated carbocycles. The van der Waals surface area contributed by atoms with Crippen LogP contribution in [0.15, 0.2) is 97.2 Å². The number of methoxy groups -OCH3 is 1. The van der Waals surface area contributed by atoms with E-state index in [1.807, 2.05) is 92.6 Å². The third kappa shape index (κ3) is 9.88. The van der Waals surface area contributed by atoms with Gasteiger partial charge in [0.05, 0.1) is 25.9 Å². The van der Waals surface area contributed by atoms with Gasteiger partial charge in [0.2, 0.25) is 0 Å². The first-order valence-corrected chi connectivity index (χ1v) is 16.3. The average Bonchev–Trinajstić information content (AvgIpc) is 3.11. The Bertz CT molecular complexity index is 1680. The lowest BCUT2D eigenvalue weighted by Crippen LogP contribution is -2.10. The van der Waals surface area contributed by atoms with E-state index in [2.05, 4.69) is 6.92 Å². The molecule has 0 atom stereocenters. The summed E-state index contributed by atoms with van der Waals surface area (Å²) in [6, 6.07) is 26.2. The molecule has 0 aliphatic rings. The monoisotopic (exact) mass is 651 g/mol. The van der Waals surface area contributed by atoms with Crippen LogP contribution in [0.2, 0.25) is 0 Å². The normalized spacial score (nSPS) is 10.9. The van der Waals surface area contributed by atoms with Gasteiger partial charge in [-0.2, -0.15) is 0 Å². The molecule has 0 radical (unpaired) electrons. The largest absolute Gasteiger partial charge is 0.493 e. The predicted molar refractivity (Wildman–Crippen MR) is 188 cm³/mol. The molecule has 0 aliphatic carbocycles. The highest BCUT2D eigenvalue weighted by molar-refractivity contribution is 6.06. The highest BCUT2D eigenvalue weighted by Crippen LogP contribution is 2.35. The van der Waals surface area contributed by atoms with Crippen molar-refractivity contribution in [1.29, 1.82) is 0 Å². The second kappa shape index (κ2) is 18.2. The summed E-state index contributed by atoms with van der Waals surface area (Å²) in [6.07, 6.45) is 6.21. The second-order valence-corrected chi connectivity index (χ2v) is 11.4. The maximum atomic E-state index is 13.2. The summed E-state index contributed by atoms with van der Waals surface area (Å²) < 4.78 is 29.8. The molecule has 4 aromatic rings. The van der Waals surface area contributed by atoms with Gasteiger partial charge in [-0.05, 0) is 54.3 Å². The van der Waals surface area contributed by atoms with Gasteiger partial charge in [-0.25, -0.2) is 4.79 Å². The molecule has 48 heavy (non-hydrogen) atoms. The molecular formula is C40H45NO7. The SMILES string of the molecule is CCCc1c(OCCCOc2cc(OCc3ccccc3)c(C(=O)C=CN(C)C)cc2CC)cccc1Oc1ccccc1C(=O)OC. The van der Waals surface area contributed by atoms with Crippen molar-refractivity contribution in [2.24, 2.45) is 0 Å². The summed E-state index contributed by atoms with van der Waals surface area (Å²) in [5, 5.41) is 0. The number of carbonyl (C=O) groups excluding carboxylic acids is 2. The molecule has 4 rings (SSSR count). The third-order valence-corrected chi connectivity index (χ3v) is 7.48. The predicted octanol–water partition coefficient (Wildman–Crippen LogP) is 8.47. The summed E-state index contributed by atoms with van der Waals surface area (Å²) in [4.78, 5) is 27.3. The molecule has 8 heteroatoms. The van der Waals surface area contributed by atoms with E-state index in [9.17, 15) is 9.59 Å². The van der Waals surface area contributed by atoms with Gasteiger partial charge in [0, 0.05) is 44.4 Å². The van der Waals surface area contributed by atoms with Crippen molar-refractivity contribution >= 4 is 11.8 Å². The van der Waals surface area contributed by atoms with E-state index in [0.29, 0.717) is 66.8 Å². The molecule has 4 aromatic carbocycles. The quantitative estimate of drug-likeness (QED) is 0.0459. The minimum atomic E-state index is -0.460. The van der Waals surface area contributed by atoms with Crippen LogP contribution in [0, 0.1) is 0 Å². The number of hydrogen-bond donors (Lipinski definition) is 0. The van der Waals surface area contributed by atoms with Gasteiger partial charge in [-0.1, -0.05) is 68.8 Å². The Labute approximate surface area is 283 Å². The van der Waals surface area contributed by atoms with Crippen LogP contribution < -0.4 is 18.9 Å². The standard InChI is InChI=1S/C40H45NO7/c1-6-15-31-35(20-13-21-36(31)48-37-19-12-11-18-32(37)40(43)44-5)45-24-14-25-46-38-27-39(47-28-29-16-9-8-10-17-29)33(26-30(38)7-2)34(42)22-23-41(3)4/h8-13,16-23,26-27H,6-7,14-15,24-25,28H2,1-5H3. The van der Waals surface area contributed by atoms with E-state index in [1.54, 1.807) is 30.5 Å². The lowest BCUT2D eigenvalue weighted by Gasteiger charge is -2.18. The van der Waals surface area contributed by atoms with Crippen LogP contribution in [-0.2, 0) is 24.2 Å². The molecule has 0 heterocycles. The maximum Gasteiger partial charge on any atom is 0.341 e. The van der Waals surface area contributed by atoms with Gasteiger partial charge >= 0.3 is 5.97 Å². The number of ketones is 1. The number of aryl methyl sites for hydroxylation is 1. The van der Waals surface area contributed by atoms with Crippen molar-refractivity contribution in [3.8, 4) is 28.7 Å². The number of benzene rings is 4. The average molecular weight is 652 g/mol. The van der Waals surface area contributed by atoms with Crippen molar-refractivity contribution in [3.05, 3.63) is 125 Å². The Morgan fingerprint density at radius 3 is 2.12 bits per heavy atom. The highest BCUT2D eigenvalue weighted by atomic mass is 16.5. The molecule has 0 saturated heterocycles. The van der Waals surface area contributed by atoms with Gasteiger partial charge in [0.1, 0.15) is 40.9 Å². The second-order valence-electron chi connectivity index (χ2n) is 11.4. The van der Waals surface area contributed by atoms with Crippen LogP contribution in [0.25, 0.3) is 0 Å². The van der Waals surface area contributed by atoms with E-state index in [1.165, 1.54) is 7.11 Å². The van der Waals surface area contributed by atoms with Gasteiger partial charge in [0.25, 0.3) is 0 Å². The number of para-hydroxylation sites is 1. The summed E-state index contributed by atoms with van der Waals surface area (Å²) in [7, 11) is 5.09. The lowest BCUT2D eigenvalue weighted by molar-refractivity contribution is 0.0597. The highest BCUT2D eigenvalue weighted by Gasteiger charge is 2.18. The molecule has 0 N–H and O–H groups in total. The number of carbonyl (C=O) groups is 2. The molecule has 0 bridgehead atoms. The molecule has 0 aliphatic heterocycles. The fourth-order valence-electron chi connectivity index (χ4n) is 5.02. The van der Waals surface area contributed by atoms with Crippen molar-refractivity contribution < 1.29 is 33.3 Å². The van der Waals surface area contributed by atoms with Gasteiger partial charge in [0.15, 0.2) is 5.78 Å². The first-order valence-electron chi connectivity index (χ1n) is 16.3. The number of ether oxygens (including phenoxy) is 5. The fraction of sp³-hybridized carbons (Fsp3) is 0.300. The number of allylic oxidation sites excluding steroid dienone is 1. The Kier molecular flexibility index (Phi) is 13.5. The van der Waals surface area contributed by atoms with Gasteiger partial charge in [-0.3, -0.25) is 4.79 Å². The number of rotatable bonds is 18. The zero-order chi connectivity index (χ0) is 34.3. The third-order valence-electron chi connectivity index (χ3n) is 7.48. The Balaban J connectivity index is 1.45. The summed E-state index contributed by atoms with van der Waals surface area (Å²) in [5.41, 5.74) is 3.71. The zero-order valence-corrected chi connectivity index (χ0v) is 28.5. The minimum Gasteiger partial charge on any atom is -0.493 e. The van der Waals surface area contributed by atoms with Crippen molar-refractivity contribution in [2.75, 3.05) is 34.4 Å². The number of hydrogen-bond acceptors (Lipinski definition) is 8. The van der Waals surface area contributed by atoms with Crippen LogP contribution in [0.1, 0.15) is 64.1 Å². The van der Waals surface area contributed by atoms with Crippen molar-refractivity contribution in [2.45, 2.75) is 46.1 Å². The fourth-order valence-corrected chi connectivity index (χ4v) is 5.02. The molecule has 0 amide bonds. The van der Waals surface area contributed by atoms with Crippen LogP contribution in [0.4, 0.5) is 0 Å². The molecular weight excluding hydrogens is 606 g/mol. The molecule has 0 spiro atoms. The zero-order valence-electron chi connectivity index (χ0n) is 28.5. The van der Waals surface area contributed by atoms with E-state index < -0.39 is 5.97 Å². The molecule has 0 unspecified atom stereocenters. The Morgan fingerprint density at radius 1 is 0.729 bits per heavy atom. The van der Waals surface area contributed by atoms with E-state index in [4.69, 9.17) is 23.7 Å². The summed E-state index contributed by atoms with van der Waals surface area (Å²) in [6.45, 7) is 5.29. The van der Waals surface area contributed by atoms with Gasteiger partial charge in [-0.15, -0.1) is 0 Å². The van der Waals surface area contributed by atoms with Crippen molar-refractivity contribution in [1.82, 2.24) is 4.90 Å². The van der Waals surface area contributed by atoms with Crippen LogP contribution >= 0.6 is 0 Å². The Hall–Kier alpha value is -5.24. The van der Waals surface area contributed by atoms with Crippen LogP contribution in [0.5, 0.6) is 28.7 Å². The first-order chi connectivity index (χ1) is 23.3. The smallest absolute Gasteiger partial charge is 0.341 e. The molecule has 8 nitrogen and oxygen atoms in total. The lowest BCUT2D eigenvalue weighted by atomic mass is 10.0. The minimum absolute atomic E-state index is 0.135. The molecule has 0 fully saturated rings. The van der Waals surface area contributed by atoms with Crippen molar-refractivity contribution in [3.63, 3.8) is 0 Å². The topological polar surface area (TPSA) is 83.5 Å². The summed E-state index contributed by atoms with van der Waals surface area (Å²) >= 11 is 0. The van der Waals surface area contributed by atoms with Crippen LogP contribution in [0.3, 0.4) is 0 Å². The first kappa shape index (κ1) is 35.6. The van der Waals surface area contributed by atoms with Gasteiger partial charge < -0.3 is 28.6 Å². The van der Waals surface area contributed by atoms with E-state index in [-0.39, 0.29) is 5.78 Å². The van der Waals surface area contributed by atoms with Crippen LogP contribution in [-0.4, -0.2) is 51.1 Å². The van der Waals surface area contributed by atoms with E-state index >= 15 is 0 Å². The summed E-state index contributed by atoms with van der Waals surface area (Å²) in [5.74, 6) is 2.35. The molecule has 0 aromatic heterocycles. The number of esters is 1. The number of nitrogens with zero attached hydrogens (tertiary/aromatic N) is 1. The molecule has 252 valence electrons. The van der Waals surface area contributed by atoms with E-state index in [0.717, 1.165) is 35.3 Å².